The number of rotatable bonds is 3. The maximum Gasteiger partial charge on any atom is 0.223 e. The Morgan fingerprint density at radius 1 is 1.41 bits per heavy atom. The molecule has 2 N–H and O–H groups in total. The van der Waals surface area contributed by atoms with Crippen LogP contribution in [0.4, 0.5) is 5.95 Å². The van der Waals surface area contributed by atoms with E-state index in [1.165, 1.54) is 0 Å². The molecule has 1 aliphatic carbocycles. The highest BCUT2D eigenvalue weighted by Crippen LogP contribution is 2.33. The predicted molar refractivity (Wildman–Crippen MR) is 70.8 cm³/mol. The quantitative estimate of drug-likeness (QED) is 0.901. The molecule has 0 bridgehead atoms. The second kappa shape index (κ2) is 5.31. The van der Waals surface area contributed by atoms with Crippen molar-refractivity contribution in [3.05, 3.63) is 16.9 Å². The molecule has 1 fully saturated rings. The Labute approximate surface area is 110 Å². The van der Waals surface area contributed by atoms with Crippen LogP contribution < -0.4 is 5.32 Å². The van der Waals surface area contributed by atoms with Crippen LogP contribution in [-0.4, -0.2) is 27.2 Å². The molecule has 0 aromatic carbocycles. The Balaban J connectivity index is 2.06. The van der Waals surface area contributed by atoms with Gasteiger partial charge in [0.05, 0.1) is 16.6 Å². The minimum atomic E-state index is -0.236. The first-order valence-corrected chi connectivity index (χ1v) is 6.79. The Kier molecular flexibility index (Phi) is 3.99. The Morgan fingerprint density at radius 2 is 2.00 bits per heavy atom. The summed E-state index contributed by atoms with van der Waals surface area (Å²) < 4.78 is 0.860. The van der Waals surface area contributed by atoms with E-state index < -0.39 is 0 Å². The van der Waals surface area contributed by atoms with Crippen molar-refractivity contribution in [3.63, 3.8) is 0 Å². The average Bonchev–Trinajstić information content (AvgIpc) is 2.35. The maximum atomic E-state index is 9.62. The van der Waals surface area contributed by atoms with E-state index in [1.807, 2.05) is 0 Å². The first kappa shape index (κ1) is 12.8. The molecule has 1 aromatic rings. The second-order valence-corrected chi connectivity index (χ2v) is 5.89. The smallest absolute Gasteiger partial charge is 0.223 e. The summed E-state index contributed by atoms with van der Waals surface area (Å²) in [4.78, 5) is 8.41. The zero-order chi connectivity index (χ0) is 12.3. The SMILES string of the molecule is CC1CCC(CO)(Nc2ncc(Br)cn2)CC1. The van der Waals surface area contributed by atoms with Crippen LogP contribution in [0.5, 0.6) is 0 Å². The van der Waals surface area contributed by atoms with Gasteiger partial charge in [0.2, 0.25) is 5.95 Å². The van der Waals surface area contributed by atoms with Crippen molar-refractivity contribution in [1.29, 1.82) is 0 Å². The summed E-state index contributed by atoms with van der Waals surface area (Å²) >= 11 is 3.31. The minimum absolute atomic E-state index is 0.138. The first-order valence-electron chi connectivity index (χ1n) is 6.00. The van der Waals surface area contributed by atoms with Gasteiger partial charge in [0.25, 0.3) is 0 Å². The van der Waals surface area contributed by atoms with Crippen LogP contribution in [0.15, 0.2) is 16.9 Å². The molecule has 5 heteroatoms. The van der Waals surface area contributed by atoms with Gasteiger partial charge in [0, 0.05) is 12.4 Å². The van der Waals surface area contributed by atoms with Gasteiger partial charge < -0.3 is 10.4 Å². The summed E-state index contributed by atoms with van der Waals surface area (Å²) in [5.74, 6) is 1.35. The summed E-state index contributed by atoms with van der Waals surface area (Å²) in [6.45, 7) is 2.40. The third kappa shape index (κ3) is 3.16. The number of hydrogen-bond donors (Lipinski definition) is 2. The van der Waals surface area contributed by atoms with Gasteiger partial charge in [0.1, 0.15) is 0 Å². The molecule has 0 spiro atoms. The van der Waals surface area contributed by atoms with Gasteiger partial charge in [-0.3, -0.25) is 0 Å². The lowest BCUT2D eigenvalue weighted by molar-refractivity contribution is 0.154. The molecule has 0 saturated heterocycles. The van der Waals surface area contributed by atoms with E-state index in [4.69, 9.17) is 0 Å². The highest BCUT2D eigenvalue weighted by molar-refractivity contribution is 9.10. The van der Waals surface area contributed by atoms with Gasteiger partial charge in [-0.1, -0.05) is 6.92 Å². The zero-order valence-corrected chi connectivity index (χ0v) is 11.6. The molecular weight excluding hydrogens is 282 g/mol. The Bertz CT molecular complexity index is 361. The first-order chi connectivity index (χ1) is 8.13. The molecule has 17 heavy (non-hydrogen) atoms. The van der Waals surface area contributed by atoms with E-state index >= 15 is 0 Å². The molecule has 94 valence electrons. The van der Waals surface area contributed by atoms with E-state index in [9.17, 15) is 5.11 Å². The van der Waals surface area contributed by atoms with Crippen LogP contribution in [0.25, 0.3) is 0 Å². The van der Waals surface area contributed by atoms with Crippen molar-refractivity contribution in [2.45, 2.75) is 38.1 Å². The standard InChI is InChI=1S/C12H18BrN3O/c1-9-2-4-12(8-17,5-3-9)16-11-14-6-10(13)7-15-11/h6-7,9,17H,2-5,8H2,1H3,(H,14,15,16). The molecule has 0 unspecified atom stereocenters. The van der Waals surface area contributed by atoms with Crippen LogP contribution in [0.1, 0.15) is 32.6 Å². The lowest BCUT2D eigenvalue weighted by atomic mass is 9.77. The molecule has 1 aliphatic rings. The number of aliphatic hydroxyl groups is 1. The lowest BCUT2D eigenvalue weighted by Gasteiger charge is -2.38. The fourth-order valence-electron chi connectivity index (χ4n) is 2.25. The zero-order valence-electron chi connectivity index (χ0n) is 9.99. The van der Waals surface area contributed by atoms with Gasteiger partial charge in [0.15, 0.2) is 0 Å². The molecule has 4 nitrogen and oxygen atoms in total. The predicted octanol–water partition coefficient (Wildman–Crippen LogP) is 2.59. The van der Waals surface area contributed by atoms with E-state index in [1.54, 1.807) is 12.4 Å². The van der Waals surface area contributed by atoms with E-state index in [0.717, 1.165) is 36.1 Å². The van der Waals surface area contributed by atoms with Crippen molar-refractivity contribution < 1.29 is 5.11 Å². The molecule has 1 heterocycles. The monoisotopic (exact) mass is 299 g/mol. The molecule has 0 amide bonds. The lowest BCUT2D eigenvalue weighted by Crippen LogP contribution is -2.45. The maximum absolute atomic E-state index is 9.62. The molecule has 0 aliphatic heterocycles. The summed E-state index contributed by atoms with van der Waals surface area (Å²) in [7, 11) is 0. The van der Waals surface area contributed by atoms with E-state index in [-0.39, 0.29) is 12.1 Å². The van der Waals surface area contributed by atoms with E-state index in [0.29, 0.717) is 5.95 Å². The highest BCUT2D eigenvalue weighted by Gasteiger charge is 2.34. The number of nitrogens with zero attached hydrogens (tertiary/aromatic N) is 2. The summed E-state index contributed by atoms with van der Waals surface area (Å²) in [5, 5.41) is 12.9. The normalized spacial score (nSPS) is 29.0. The van der Waals surface area contributed by atoms with Crippen LogP contribution in [-0.2, 0) is 0 Å². The van der Waals surface area contributed by atoms with Crippen molar-refractivity contribution in [2.75, 3.05) is 11.9 Å². The van der Waals surface area contributed by atoms with Crippen LogP contribution in [0.3, 0.4) is 0 Å². The fourth-order valence-corrected chi connectivity index (χ4v) is 2.46. The van der Waals surface area contributed by atoms with E-state index in [2.05, 4.69) is 38.1 Å². The van der Waals surface area contributed by atoms with Gasteiger partial charge in [-0.2, -0.15) is 0 Å². The van der Waals surface area contributed by atoms with Crippen LogP contribution in [0, 0.1) is 5.92 Å². The van der Waals surface area contributed by atoms with Gasteiger partial charge in [-0.15, -0.1) is 0 Å². The number of aliphatic hydroxyl groups excluding tert-OH is 1. The van der Waals surface area contributed by atoms with Gasteiger partial charge >= 0.3 is 0 Å². The third-order valence-electron chi connectivity index (χ3n) is 3.53. The van der Waals surface area contributed by atoms with Crippen molar-refractivity contribution in [1.82, 2.24) is 9.97 Å². The van der Waals surface area contributed by atoms with Crippen molar-refractivity contribution >= 4 is 21.9 Å². The van der Waals surface area contributed by atoms with Crippen molar-refractivity contribution in [3.8, 4) is 0 Å². The number of aromatic nitrogens is 2. The molecular formula is C12H18BrN3O. The molecule has 1 saturated carbocycles. The average molecular weight is 300 g/mol. The summed E-state index contributed by atoms with van der Waals surface area (Å²) in [6.07, 6.45) is 7.67. The molecule has 1 aromatic heterocycles. The van der Waals surface area contributed by atoms with Crippen LogP contribution in [0.2, 0.25) is 0 Å². The Morgan fingerprint density at radius 3 is 2.53 bits per heavy atom. The van der Waals surface area contributed by atoms with Crippen LogP contribution >= 0.6 is 15.9 Å². The number of hydrogen-bond acceptors (Lipinski definition) is 4. The number of nitrogens with one attached hydrogen (secondary N) is 1. The minimum Gasteiger partial charge on any atom is -0.394 e. The molecule has 0 radical (unpaired) electrons. The third-order valence-corrected chi connectivity index (χ3v) is 3.94. The van der Waals surface area contributed by atoms with Crippen molar-refractivity contribution in [2.24, 2.45) is 5.92 Å². The number of anilines is 1. The number of halogens is 1. The molecule has 0 atom stereocenters. The topological polar surface area (TPSA) is 58.0 Å². The van der Waals surface area contributed by atoms with Gasteiger partial charge in [-0.25, -0.2) is 9.97 Å². The largest absolute Gasteiger partial charge is 0.394 e. The second-order valence-electron chi connectivity index (χ2n) is 4.97. The summed E-state index contributed by atoms with van der Waals surface area (Å²) in [5.41, 5.74) is -0.236. The molecule has 2 rings (SSSR count). The highest BCUT2D eigenvalue weighted by atomic mass is 79.9. The summed E-state index contributed by atoms with van der Waals surface area (Å²) in [6, 6.07) is 0. The van der Waals surface area contributed by atoms with Gasteiger partial charge in [-0.05, 0) is 47.5 Å². The Hall–Kier alpha value is -0.680. The fraction of sp³-hybridized carbons (Fsp3) is 0.667.